The van der Waals surface area contributed by atoms with E-state index in [4.69, 9.17) is 29.1 Å². The Morgan fingerprint density at radius 3 is 2.64 bits per heavy atom. The molecule has 0 atom stereocenters. The van der Waals surface area contributed by atoms with Gasteiger partial charge in [0.2, 0.25) is 0 Å². The normalized spacial score (nSPS) is 14.5. The summed E-state index contributed by atoms with van der Waals surface area (Å²) < 4.78 is 13.9. The highest BCUT2D eigenvalue weighted by molar-refractivity contribution is 7.79. The van der Waals surface area contributed by atoms with E-state index in [2.05, 4.69) is 4.98 Å². The minimum atomic E-state index is -0.972. The van der Waals surface area contributed by atoms with Crippen LogP contribution in [0.2, 0.25) is 5.02 Å². The van der Waals surface area contributed by atoms with Crippen molar-refractivity contribution in [1.82, 2.24) is 4.98 Å². The third kappa shape index (κ3) is 3.28. The molecule has 1 aromatic carbocycles. The van der Waals surface area contributed by atoms with Gasteiger partial charge in [-0.15, -0.1) is 0 Å². The molecule has 1 saturated carbocycles. The van der Waals surface area contributed by atoms with E-state index in [0.29, 0.717) is 24.2 Å². The molecule has 0 saturated heterocycles. The van der Waals surface area contributed by atoms with Crippen molar-refractivity contribution in [3.05, 3.63) is 47.0 Å². The monoisotopic (exact) mass is 418 g/mol. The number of amides is 1. The highest BCUT2D eigenvalue weighted by Gasteiger charge is 2.50. The molecule has 6 nitrogen and oxygen atoms in total. The maximum absolute atomic E-state index is 13.9. The number of thiocarbonyl (C=S) groups is 1. The number of likely N-dealkylation sites (N-methyl/N-ethyl adjacent to an activating group) is 1. The van der Waals surface area contributed by atoms with Crippen molar-refractivity contribution in [2.24, 2.45) is 0 Å². The zero-order valence-electron chi connectivity index (χ0n) is 14.9. The predicted molar refractivity (Wildman–Crippen MR) is 108 cm³/mol. The number of aromatic nitrogens is 1. The van der Waals surface area contributed by atoms with E-state index < -0.39 is 17.1 Å². The number of halogens is 2. The number of rotatable bonds is 5. The van der Waals surface area contributed by atoms with Crippen molar-refractivity contribution >= 4 is 46.6 Å². The number of nitriles is 1. The van der Waals surface area contributed by atoms with Gasteiger partial charge in [0.05, 0.1) is 22.4 Å². The summed E-state index contributed by atoms with van der Waals surface area (Å²) in [6.07, 6.45) is 3.27. The molecule has 28 heavy (non-hydrogen) atoms. The molecule has 3 rings (SSSR count). The van der Waals surface area contributed by atoms with Crippen LogP contribution in [0.25, 0.3) is 0 Å². The fourth-order valence-electron chi connectivity index (χ4n) is 3.25. The summed E-state index contributed by atoms with van der Waals surface area (Å²) in [4.78, 5) is 20.3. The van der Waals surface area contributed by atoms with Crippen LogP contribution >= 0.6 is 23.8 Å². The SMILES string of the molecule is CN(C(=O)C1(N(C=S)c2ccc(O)c(F)c2)CCC1)c1cnc(C#N)c(Cl)c1. The lowest BCUT2D eigenvalue weighted by molar-refractivity contribution is -0.125. The zero-order chi connectivity index (χ0) is 20.5. The minimum Gasteiger partial charge on any atom is -0.505 e. The van der Waals surface area contributed by atoms with E-state index in [1.807, 2.05) is 6.07 Å². The number of hydrogen-bond acceptors (Lipinski definition) is 5. The van der Waals surface area contributed by atoms with Gasteiger partial charge in [0, 0.05) is 18.8 Å². The Hall–Kier alpha value is -2.76. The van der Waals surface area contributed by atoms with Gasteiger partial charge in [0.15, 0.2) is 17.3 Å². The van der Waals surface area contributed by atoms with Crippen LogP contribution in [0.4, 0.5) is 15.8 Å². The first-order chi connectivity index (χ1) is 13.3. The fraction of sp³-hybridized carbons (Fsp3) is 0.263. The van der Waals surface area contributed by atoms with Gasteiger partial charge in [-0.2, -0.15) is 5.26 Å². The van der Waals surface area contributed by atoms with E-state index in [1.165, 1.54) is 34.8 Å². The van der Waals surface area contributed by atoms with E-state index in [1.54, 1.807) is 11.9 Å². The lowest BCUT2D eigenvalue weighted by Gasteiger charge is -2.49. The summed E-state index contributed by atoms with van der Waals surface area (Å²) in [5, 5.41) is 18.5. The van der Waals surface area contributed by atoms with Crippen LogP contribution in [0.1, 0.15) is 25.0 Å². The van der Waals surface area contributed by atoms with Gasteiger partial charge in [-0.3, -0.25) is 4.79 Å². The number of carbonyl (C=O) groups is 1. The van der Waals surface area contributed by atoms with Gasteiger partial charge in [-0.05, 0) is 37.5 Å². The maximum Gasteiger partial charge on any atom is 0.253 e. The number of carbonyl (C=O) groups excluding carboxylic acids is 1. The number of nitrogens with zero attached hydrogens (tertiary/aromatic N) is 4. The Bertz CT molecular complexity index is 990. The van der Waals surface area contributed by atoms with Gasteiger partial charge < -0.3 is 14.9 Å². The summed E-state index contributed by atoms with van der Waals surface area (Å²) in [7, 11) is 1.58. The Balaban J connectivity index is 1.96. The average Bonchev–Trinajstić information content (AvgIpc) is 2.65. The fourth-order valence-corrected chi connectivity index (χ4v) is 3.77. The largest absolute Gasteiger partial charge is 0.505 e. The molecule has 2 aromatic rings. The summed E-state index contributed by atoms with van der Waals surface area (Å²) in [6, 6.07) is 7.25. The van der Waals surface area contributed by atoms with Gasteiger partial charge in [0.25, 0.3) is 5.91 Å². The molecule has 0 bridgehead atoms. The van der Waals surface area contributed by atoms with Crippen LogP contribution in [-0.4, -0.2) is 34.1 Å². The van der Waals surface area contributed by atoms with E-state index >= 15 is 0 Å². The summed E-state index contributed by atoms with van der Waals surface area (Å²) in [6.45, 7) is 0. The lowest BCUT2D eigenvalue weighted by atomic mass is 9.74. The van der Waals surface area contributed by atoms with Crippen molar-refractivity contribution in [2.75, 3.05) is 16.8 Å². The molecular formula is C19H16ClFN4O2S. The van der Waals surface area contributed by atoms with Gasteiger partial charge in [-0.1, -0.05) is 23.8 Å². The van der Waals surface area contributed by atoms with E-state index in [0.717, 1.165) is 12.5 Å². The second-order valence-corrected chi connectivity index (χ2v) is 7.11. The quantitative estimate of drug-likeness (QED) is 0.744. The van der Waals surface area contributed by atoms with E-state index in [9.17, 15) is 14.3 Å². The lowest BCUT2D eigenvalue weighted by Crippen LogP contribution is -2.63. The molecule has 0 aliphatic heterocycles. The Morgan fingerprint density at radius 2 is 2.14 bits per heavy atom. The number of phenolic OH excluding ortho intramolecular Hbond substituents is 1. The average molecular weight is 419 g/mol. The Labute approximate surface area is 171 Å². The molecule has 1 aliphatic carbocycles. The number of aromatic hydroxyl groups is 1. The van der Waals surface area contributed by atoms with Crippen LogP contribution < -0.4 is 9.80 Å². The minimum absolute atomic E-state index is 0.0738. The first-order valence-electron chi connectivity index (χ1n) is 8.41. The third-order valence-corrected chi connectivity index (χ3v) is 5.48. The standard InChI is InChI=1S/C19H16ClFN4O2S/c1-24(13-7-14(20)16(9-22)23-10-13)18(27)19(5-2-6-19)25(11-28)12-3-4-17(26)15(21)8-12/h3-4,7-8,10-11,26H,2,5-6H2,1H3. The topological polar surface area (TPSA) is 80.5 Å². The molecule has 0 spiro atoms. The predicted octanol–water partition coefficient (Wildman–Crippen LogP) is 3.80. The van der Waals surface area contributed by atoms with Crippen LogP contribution in [-0.2, 0) is 4.79 Å². The summed E-state index contributed by atoms with van der Waals surface area (Å²) in [5.74, 6) is -1.52. The Morgan fingerprint density at radius 1 is 1.43 bits per heavy atom. The molecule has 1 heterocycles. The molecule has 1 aliphatic rings. The van der Waals surface area contributed by atoms with Crippen LogP contribution in [0.5, 0.6) is 5.75 Å². The van der Waals surface area contributed by atoms with Crippen molar-refractivity contribution in [3.8, 4) is 11.8 Å². The molecule has 1 fully saturated rings. The second-order valence-electron chi connectivity index (χ2n) is 6.50. The highest BCUT2D eigenvalue weighted by atomic mass is 35.5. The molecule has 1 aromatic heterocycles. The molecule has 0 radical (unpaired) electrons. The van der Waals surface area contributed by atoms with Crippen molar-refractivity contribution in [2.45, 2.75) is 24.8 Å². The van der Waals surface area contributed by atoms with Gasteiger partial charge in [-0.25, -0.2) is 9.37 Å². The smallest absolute Gasteiger partial charge is 0.253 e. The van der Waals surface area contributed by atoms with Gasteiger partial charge >= 0.3 is 0 Å². The number of pyridine rings is 1. The summed E-state index contributed by atoms with van der Waals surface area (Å²) >= 11 is 11.2. The Kier molecular flexibility index (Phi) is 5.49. The first kappa shape index (κ1) is 20.0. The maximum atomic E-state index is 13.9. The number of benzene rings is 1. The molecule has 1 N–H and O–H groups in total. The molecule has 144 valence electrons. The number of hydrogen-bond donors (Lipinski definition) is 1. The van der Waals surface area contributed by atoms with Crippen LogP contribution in [0.3, 0.4) is 0 Å². The van der Waals surface area contributed by atoms with Crippen molar-refractivity contribution in [3.63, 3.8) is 0 Å². The van der Waals surface area contributed by atoms with Crippen LogP contribution in [0.15, 0.2) is 30.5 Å². The van der Waals surface area contributed by atoms with Crippen molar-refractivity contribution < 1.29 is 14.3 Å². The van der Waals surface area contributed by atoms with E-state index in [-0.39, 0.29) is 16.6 Å². The zero-order valence-corrected chi connectivity index (χ0v) is 16.5. The second kappa shape index (κ2) is 7.70. The molecular weight excluding hydrogens is 403 g/mol. The molecule has 9 heteroatoms. The van der Waals surface area contributed by atoms with Crippen molar-refractivity contribution in [1.29, 1.82) is 5.26 Å². The third-order valence-electron chi connectivity index (χ3n) is 4.98. The number of phenols is 1. The summed E-state index contributed by atoms with van der Waals surface area (Å²) in [5.41, 5.74) is 1.23. The first-order valence-corrected chi connectivity index (χ1v) is 9.26. The molecule has 1 amide bonds. The molecule has 0 unspecified atom stereocenters. The van der Waals surface area contributed by atoms with Gasteiger partial charge in [0.1, 0.15) is 11.6 Å². The highest BCUT2D eigenvalue weighted by Crippen LogP contribution is 2.42. The van der Waals surface area contributed by atoms with Crippen LogP contribution in [0, 0.1) is 17.1 Å². The number of anilines is 2.